The van der Waals surface area contributed by atoms with E-state index in [0.717, 1.165) is 33.5 Å². The van der Waals surface area contributed by atoms with Crippen LogP contribution in [0.15, 0.2) is 22.3 Å². The molecule has 1 N–H and O–H groups in total. The quantitative estimate of drug-likeness (QED) is 0.481. The Hall–Kier alpha value is -2.16. The molecule has 0 atom stereocenters. The highest BCUT2D eigenvalue weighted by Gasteiger charge is 2.21. The summed E-state index contributed by atoms with van der Waals surface area (Å²) in [6.07, 6.45) is 0.806. The summed E-state index contributed by atoms with van der Waals surface area (Å²) in [5, 5.41) is 2.45. The van der Waals surface area contributed by atoms with Crippen molar-refractivity contribution in [3.63, 3.8) is 0 Å². The maximum Gasteiger partial charge on any atom is 0.354 e. The van der Waals surface area contributed by atoms with E-state index in [4.69, 9.17) is 4.74 Å². The van der Waals surface area contributed by atoms with Crippen LogP contribution in [0.25, 0.3) is 0 Å². The van der Waals surface area contributed by atoms with E-state index in [-0.39, 0.29) is 15.9 Å². The Labute approximate surface area is 133 Å². The zero-order valence-electron chi connectivity index (χ0n) is 11.8. The van der Waals surface area contributed by atoms with Crippen molar-refractivity contribution < 1.29 is 32.6 Å². The normalized spacial score (nSPS) is 10.9. The third-order valence-corrected chi connectivity index (χ3v) is 3.04. The maximum atomic E-state index is 13.8. The first-order chi connectivity index (χ1) is 10.3. The van der Waals surface area contributed by atoms with Crippen LogP contribution in [0, 0.1) is 11.6 Å². The molecule has 1 aromatic carbocycles. The average molecular weight is 380 g/mol. The highest BCUT2D eigenvalue weighted by atomic mass is 79.9. The molecule has 1 aromatic rings. The number of hydrogen-bond donors (Lipinski definition) is 1. The van der Waals surface area contributed by atoms with E-state index in [9.17, 15) is 18.4 Å². The molecule has 0 radical (unpaired) electrons. The molecule has 0 saturated carbocycles. The minimum atomic E-state index is -1.26. The second-order valence-corrected chi connectivity index (χ2v) is 4.62. The van der Waals surface area contributed by atoms with Crippen LogP contribution in [0.5, 0.6) is 5.75 Å². The Bertz CT molecular complexity index is 633. The Morgan fingerprint density at radius 2 is 1.82 bits per heavy atom. The summed E-state index contributed by atoms with van der Waals surface area (Å²) < 4.78 is 40.7. The molecule has 0 spiro atoms. The lowest BCUT2D eigenvalue weighted by atomic mass is 10.2. The number of methoxy groups -OCH3 is 3. The van der Waals surface area contributed by atoms with Gasteiger partial charge in [0, 0.05) is 0 Å². The van der Waals surface area contributed by atoms with Gasteiger partial charge < -0.3 is 19.5 Å². The number of rotatable bonds is 5. The van der Waals surface area contributed by atoms with Crippen LogP contribution in [0.1, 0.15) is 0 Å². The summed E-state index contributed by atoms with van der Waals surface area (Å²) in [4.78, 5) is 22.9. The average Bonchev–Trinajstić information content (AvgIpc) is 2.51. The minimum absolute atomic E-state index is 0.0890. The molecule has 1 rings (SSSR count). The van der Waals surface area contributed by atoms with Gasteiger partial charge in [-0.2, -0.15) is 4.39 Å². The Morgan fingerprint density at radius 3 is 2.32 bits per heavy atom. The lowest BCUT2D eigenvalue weighted by Crippen LogP contribution is -2.16. The molecule has 0 aliphatic heterocycles. The Kier molecular flexibility index (Phi) is 6.29. The number of hydrogen-bond acceptors (Lipinski definition) is 6. The zero-order chi connectivity index (χ0) is 16.9. The first kappa shape index (κ1) is 17.9. The van der Waals surface area contributed by atoms with Crippen LogP contribution in [0.3, 0.4) is 0 Å². The standard InChI is InChI=1S/C13H12BrF2NO5/c1-20-9(18)5-8(13(19)22-3)17-7-4-6(14)10(15)11(16)12(7)21-2/h4-5,17H,1-3H3/b8-5+. The number of carbonyl (C=O) groups excluding carboxylic acids is 2. The van der Waals surface area contributed by atoms with Crippen molar-refractivity contribution in [2.24, 2.45) is 0 Å². The first-order valence-corrected chi connectivity index (χ1v) is 6.51. The van der Waals surface area contributed by atoms with Gasteiger partial charge in [0.1, 0.15) is 5.70 Å². The molecule has 0 unspecified atom stereocenters. The number of halogens is 3. The number of nitrogens with one attached hydrogen (secondary N) is 1. The van der Waals surface area contributed by atoms with Crippen molar-refractivity contribution in [2.75, 3.05) is 26.6 Å². The largest absolute Gasteiger partial charge is 0.491 e. The molecule has 0 saturated heterocycles. The Balaban J connectivity index is 3.33. The third-order valence-electron chi connectivity index (χ3n) is 2.46. The minimum Gasteiger partial charge on any atom is -0.491 e. The molecule has 0 fully saturated rings. The molecule has 0 amide bonds. The third kappa shape index (κ3) is 3.94. The van der Waals surface area contributed by atoms with E-state index in [1.54, 1.807) is 0 Å². The van der Waals surface area contributed by atoms with E-state index >= 15 is 0 Å². The summed E-state index contributed by atoms with van der Waals surface area (Å²) >= 11 is 2.83. The molecule has 0 aromatic heterocycles. The highest BCUT2D eigenvalue weighted by molar-refractivity contribution is 9.10. The van der Waals surface area contributed by atoms with E-state index < -0.39 is 29.3 Å². The van der Waals surface area contributed by atoms with Crippen LogP contribution in [0.2, 0.25) is 0 Å². The van der Waals surface area contributed by atoms with Crippen LogP contribution in [-0.4, -0.2) is 33.3 Å². The van der Waals surface area contributed by atoms with Crippen molar-refractivity contribution in [3.05, 3.63) is 33.9 Å². The molecule has 9 heteroatoms. The smallest absolute Gasteiger partial charge is 0.354 e. The zero-order valence-corrected chi connectivity index (χ0v) is 13.4. The number of esters is 2. The molecule has 22 heavy (non-hydrogen) atoms. The van der Waals surface area contributed by atoms with Crippen LogP contribution >= 0.6 is 15.9 Å². The number of benzene rings is 1. The van der Waals surface area contributed by atoms with Crippen LogP contribution in [0.4, 0.5) is 14.5 Å². The maximum absolute atomic E-state index is 13.8. The second-order valence-electron chi connectivity index (χ2n) is 3.76. The monoisotopic (exact) mass is 379 g/mol. The lowest BCUT2D eigenvalue weighted by molar-refractivity contribution is -0.138. The van der Waals surface area contributed by atoms with Gasteiger partial charge in [0.05, 0.1) is 37.6 Å². The summed E-state index contributed by atoms with van der Waals surface area (Å²) in [7, 11) is 3.33. The van der Waals surface area contributed by atoms with Gasteiger partial charge in [0.25, 0.3) is 0 Å². The van der Waals surface area contributed by atoms with Crippen molar-refractivity contribution >= 4 is 33.6 Å². The number of ether oxygens (including phenoxy) is 3. The predicted octanol–water partition coefficient (Wildman–Crippen LogP) is 2.38. The van der Waals surface area contributed by atoms with Gasteiger partial charge in [-0.3, -0.25) is 0 Å². The van der Waals surface area contributed by atoms with Gasteiger partial charge in [0.15, 0.2) is 11.6 Å². The van der Waals surface area contributed by atoms with Crippen molar-refractivity contribution in [3.8, 4) is 5.75 Å². The van der Waals surface area contributed by atoms with E-state index in [2.05, 4.69) is 30.7 Å². The fraction of sp³-hybridized carbons (Fsp3) is 0.231. The van der Waals surface area contributed by atoms with Gasteiger partial charge in [-0.15, -0.1) is 0 Å². The van der Waals surface area contributed by atoms with Gasteiger partial charge in [-0.25, -0.2) is 14.0 Å². The fourth-order valence-electron chi connectivity index (χ4n) is 1.45. The van der Waals surface area contributed by atoms with Gasteiger partial charge >= 0.3 is 11.9 Å². The van der Waals surface area contributed by atoms with Gasteiger partial charge in [-0.05, 0) is 22.0 Å². The summed E-state index contributed by atoms with van der Waals surface area (Å²) in [6.45, 7) is 0. The lowest BCUT2D eigenvalue weighted by Gasteiger charge is -2.14. The molecule has 120 valence electrons. The Morgan fingerprint density at radius 1 is 1.18 bits per heavy atom. The van der Waals surface area contributed by atoms with Crippen LogP contribution in [-0.2, 0) is 19.1 Å². The summed E-state index contributed by atoms with van der Waals surface area (Å²) in [5.74, 6) is -4.64. The molecule has 0 bridgehead atoms. The number of anilines is 1. The molecule has 0 aliphatic carbocycles. The molecule has 0 heterocycles. The highest BCUT2D eigenvalue weighted by Crippen LogP contribution is 2.35. The van der Waals surface area contributed by atoms with E-state index in [1.807, 2.05) is 0 Å². The topological polar surface area (TPSA) is 73.9 Å². The predicted molar refractivity (Wildman–Crippen MR) is 76.3 cm³/mol. The molecule has 6 nitrogen and oxygen atoms in total. The first-order valence-electron chi connectivity index (χ1n) is 5.72. The molecular formula is C13H12BrF2NO5. The van der Waals surface area contributed by atoms with E-state index in [1.165, 1.54) is 0 Å². The van der Waals surface area contributed by atoms with E-state index in [0.29, 0.717) is 0 Å². The summed E-state index contributed by atoms with van der Waals surface area (Å²) in [6, 6.07) is 1.14. The number of carbonyl (C=O) groups is 2. The SMILES string of the molecule is COC(=O)/C=C(/Nc1cc(Br)c(F)c(F)c1OC)C(=O)OC. The summed E-state index contributed by atoms with van der Waals surface area (Å²) in [5.41, 5.74) is -0.431. The second kappa shape index (κ2) is 7.74. The van der Waals surface area contributed by atoms with Gasteiger partial charge in [0.2, 0.25) is 5.82 Å². The molecular weight excluding hydrogens is 368 g/mol. The van der Waals surface area contributed by atoms with Crippen molar-refractivity contribution in [1.82, 2.24) is 0 Å². The van der Waals surface area contributed by atoms with Crippen LogP contribution < -0.4 is 10.1 Å². The molecule has 0 aliphatic rings. The fourth-order valence-corrected chi connectivity index (χ4v) is 1.85. The van der Waals surface area contributed by atoms with Crippen molar-refractivity contribution in [1.29, 1.82) is 0 Å². The van der Waals surface area contributed by atoms with Crippen molar-refractivity contribution in [2.45, 2.75) is 0 Å². The van der Waals surface area contributed by atoms with Gasteiger partial charge in [-0.1, -0.05) is 0 Å².